The van der Waals surface area contributed by atoms with E-state index in [1.807, 2.05) is 43.3 Å². The second-order valence-corrected chi connectivity index (χ2v) is 6.99. The number of amides is 1. The largest absolute Gasteiger partial charge is 0.492 e. The summed E-state index contributed by atoms with van der Waals surface area (Å²) in [5, 5.41) is 6.97. The first-order valence-electron chi connectivity index (χ1n) is 10.1. The third-order valence-electron chi connectivity index (χ3n) is 4.88. The molecule has 1 N–H and O–H groups in total. The predicted molar refractivity (Wildman–Crippen MR) is 116 cm³/mol. The molecule has 4 aromatic rings. The van der Waals surface area contributed by atoms with Crippen LogP contribution in [0.25, 0.3) is 23.0 Å². The number of nitrogens with one attached hydrogen (secondary N) is 1. The van der Waals surface area contributed by atoms with Gasteiger partial charge >= 0.3 is 0 Å². The highest BCUT2D eigenvalue weighted by molar-refractivity contribution is 5.92. The van der Waals surface area contributed by atoms with E-state index in [4.69, 9.17) is 18.7 Å². The van der Waals surface area contributed by atoms with E-state index in [9.17, 15) is 4.79 Å². The molecule has 1 aliphatic heterocycles. The van der Waals surface area contributed by atoms with Crippen LogP contribution in [0.3, 0.4) is 0 Å². The molecule has 2 aromatic carbocycles. The third-order valence-corrected chi connectivity index (χ3v) is 4.88. The van der Waals surface area contributed by atoms with Gasteiger partial charge in [0.2, 0.25) is 18.5 Å². The lowest BCUT2D eigenvalue weighted by atomic mass is 10.2. The van der Waals surface area contributed by atoms with Crippen LogP contribution in [0.4, 0.5) is 5.69 Å². The summed E-state index contributed by atoms with van der Waals surface area (Å²) in [6.07, 6.45) is 1.79. The van der Waals surface area contributed by atoms with E-state index in [1.165, 1.54) is 0 Å². The van der Waals surface area contributed by atoms with Crippen molar-refractivity contribution in [2.45, 2.75) is 13.5 Å². The highest BCUT2D eigenvalue weighted by Gasteiger charge is 2.19. The van der Waals surface area contributed by atoms with Crippen LogP contribution in [0.1, 0.15) is 6.92 Å². The molecule has 0 saturated heterocycles. The Balaban J connectivity index is 1.33. The van der Waals surface area contributed by atoms with Crippen molar-refractivity contribution in [1.29, 1.82) is 0 Å². The van der Waals surface area contributed by atoms with Crippen LogP contribution >= 0.6 is 0 Å². The smallest absolute Gasteiger partial charge is 0.274 e. The number of carbonyl (C=O) groups is 1. The number of anilines is 1. The van der Waals surface area contributed by atoms with Gasteiger partial charge in [-0.1, -0.05) is 17.3 Å². The minimum Gasteiger partial charge on any atom is -0.492 e. The van der Waals surface area contributed by atoms with Crippen LogP contribution in [0, 0.1) is 0 Å². The summed E-state index contributed by atoms with van der Waals surface area (Å²) in [7, 11) is 0. The summed E-state index contributed by atoms with van der Waals surface area (Å²) < 4.78 is 23.5. The Morgan fingerprint density at radius 1 is 1.12 bits per heavy atom. The van der Waals surface area contributed by atoms with Gasteiger partial charge in [0.05, 0.1) is 12.3 Å². The topological polar surface area (TPSA) is 101 Å². The summed E-state index contributed by atoms with van der Waals surface area (Å²) >= 11 is 0. The van der Waals surface area contributed by atoms with E-state index >= 15 is 0 Å². The van der Waals surface area contributed by atoms with Crippen molar-refractivity contribution < 1.29 is 23.5 Å². The second kappa shape index (κ2) is 8.46. The zero-order valence-electron chi connectivity index (χ0n) is 17.3. The van der Waals surface area contributed by atoms with Crippen LogP contribution in [0.15, 0.2) is 65.3 Å². The van der Waals surface area contributed by atoms with Crippen molar-refractivity contribution in [3.8, 4) is 40.2 Å². The van der Waals surface area contributed by atoms with Gasteiger partial charge in [-0.2, -0.15) is 4.98 Å². The van der Waals surface area contributed by atoms with Gasteiger partial charge in [0.25, 0.3) is 5.89 Å². The normalized spacial score (nSPS) is 12.0. The van der Waals surface area contributed by atoms with Crippen LogP contribution < -0.4 is 19.5 Å². The number of nitrogens with zero attached hydrogens (tertiary/aromatic N) is 3. The molecule has 0 atom stereocenters. The first kappa shape index (κ1) is 19.7. The fraction of sp³-hybridized carbons (Fsp3) is 0.174. The van der Waals surface area contributed by atoms with E-state index < -0.39 is 0 Å². The van der Waals surface area contributed by atoms with Crippen molar-refractivity contribution in [2.75, 3.05) is 18.7 Å². The van der Waals surface area contributed by atoms with Crippen LogP contribution in [0.2, 0.25) is 0 Å². The fourth-order valence-corrected chi connectivity index (χ4v) is 3.42. The second-order valence-electron chi connectivity index (χ2n) is 6.99. The molecule has 0 bridgehead atoms. The molecule has 3 heterocycles. The van der Waals surface area contributed by atoms with Gasteiger partial charge in [0, 0.05) is 11.8 Å². The Morgan fingerprint density at radius 2 is 2.00 bits per heavy atom. The Morgan fingerprint density at radius 3 is 2.91 bits per heavy atom. The van der Waals surface area contributed by atoms with Crippen molar-refractivity contribution in [3.63, 3.8) is 0 Å². The Kier molecular flexibility index (Phi) is 5.20. The monoisotopic (exact) mass is 432 g/mol. The molecule has 0 radical (unpaired) electrons. The van der Waals surface area contributed by atoms with Gasteiger partial charge in [-0.15, -0.1) is 0 Å². The number of rotatable bonds is 7. The average Bonchev–Trinajstić information content (AvgIpc) is 3.55. The van der Waals surface area contributed by atoms with Crippen molar-refractivity contribution in [3.05, 3.63) is 60.8 Å². The highest BCUT2D eigenvalue weighted by Crippen LogP contribution is 2.35. The van der Waals surface area contributed by atoms with E-state index in [-0.39, 0.29) is 19.2 Å². The predicted octanol–water partition coefficient (Wildman–Crippen LogP) is 3.97. The Labute approximate surface area is 183 Å². The molecule has 0 fully saturated rings. The molecule has 162 valence electrons. The van der Waals surface area contributed by atoms with Gasteiger partial charge in [0.15, 0.2) is 11.5 Å². The lowest BCUT2D eigenvalue weighted by Gasteiger charge is -2.12. The molecule has 1 aliphatic rings. The van der Waals surface area contributed by atoms with Crippen molar-refractivity contribution in [1.82, 2.24) is 14.7 Å². The molecule has 0 aliphatic carbocycles. The minimum atomic E-state index is -0.204. The Hall–Kier alpha value is -4.27. The highest BCUT2D eigenvalue weighted by atomic mass is 16.7. The SMILES string of the molecule is CCOc1ccccc1NC(=O)Cn1cccc1-c1nc(-c2ccc3c(c2)OCO3)no1. The molecule has 2 aromatic heterocycles. The van der Waals surface area contributed by atoms with E-state index in [0.29, 0.717) is 47.0 Å². The number of hydrogen-bond donors (Lipinski definition) is 1. The zero-order valence-corrected chi connectivity index (χ0v) is 17.3. The van der Waals surface area contributed by atoms with Crippen molar-refractivity contribution in [2.24, 2.45) is 0 Å². The molecule has 5 rings (SSSR count). The van der Waals surface area contributed by atoms with Gasteiger partial charge in [-0.05, 0) is 49.4 Å². The molecule has 0 unspecified atom stereocenters. The standard InChI is InChI=1S/C23H20N4O5/c1-2-29-18-8-4-3-6-16(18)24-21(28)13-27-11-5-7-17(27)23-25-22(26-32-23)15-9-10-19-20(12-15)31-14-30-19/h3-12H,2,13-14H2,1H3,(H,24,28). The number of fused-ring (bicyclic) bond motifs is 1. The third kappa shape index (κ3) is 3.87. The van der Waals surface area contributed by atoms with E-state index in [2.05, 4.69) is 15.5 Å². The summed E-state index contributed by atoms with van der Waals surface area (Å²) in [5.41, 5.74) is 2.00. The quantitative estimate of drug-likeness (QED) is 0.472. The average molecular weight is 432 g/mol. The maximum Gasteiger partial charge on any atom is 0.274 e. The molecular weight excluding hydrogens is 412 g/mol. The fourth-order valence-electron chi connectivity index (χ4n) is 3.42. The number of ether oxygens (including phenoxy) is 3. The maximum absolute atomic E-state index is 12.7. The molecule has 0 saturated carbocycles. The molecule has 9 nitrogen and oxygen atoms in total. The minimum absolute atomic E-state index is 0.0739. The number of aromatic nitrogens is 3. The lowest BCUT2D eigenvalue weighted by Crippen LogP contribution is -2.19. The van der Waals surface area contributed by atoms with Gasteiger partial charge in [-0.3, -0.25) is 4.79 Å². The molecular formula is C23H20N4O5. The number of para-hydroxylation sites is 2. The molecule has 9 heteroatoms. The Bertz CT molecular complexity index is 1260. The van der Waals surface area contributed by atoms with Crippen molar-refractivity contribution >= 4 is 11.6 Å². The van der Waals surface area contributed by atoms with Crippen LogP contribution in [-0.4, -0.2) is 34.0 Å². The summed E-state index contributed by atoms with van der Waals surface area (Å²) in [6.45, 7) is 2.68. The first-order chi connectivity index (χ1) is 15.7. The van der Waals surface area contributed by atoms with Gasteiger partial charge < -0.3 is 28.6 Å². The molecule has 1 amide bonds. The van der Waals surface area contributed by atoms with E-state index in [0.717, 1.165) is 5.56 Å². The number of carbonyl (C=O) groups excluding carboxylic acids is 1. The molecule has 0 spiro atoms. The van der Waals surface area contributed by atoms with Crippen LogP contribution in [-0.2, 0) is 11.3 Å². The van der Waals surface area contributed by atoms with Gasteiger partial charge in [-0.25, -0.2) is 0 Å². The van der Waals surface area contributed by atoms with Crippen LogP contribution in [0.5, 0.6) is 17.2 Å². The van der Waals surface area contributed by atoms with Gasteiger partial charge in [0.1, 0.15) is 18.0 Å². The maximum atomic E-state index is 12.7. The first-order valence-corrected chi connectivity index (χ1v) is 10.1. The zero-order chi connectivity index (χ0) is 21.9. The van der Waals surface area contributed by atoms with E-state index in [1.54, 1.807) is 29.0 Å². The number of benzene rings is 2. The summed E-state index contributed by atoms with van der Waals surface area (Å²) in [5.74, 6) is 2.47. The lowest BCUT2D eigenvalue weighted by molar-refractivity contribution is -0.116. The summed E-state index contributed by atoms with van der Waals surface area (Å²) in [4.78, 5) is 17.2. The summed E-state index contributed by atoms with van der Waals surface area (Å²) in [6, 6.07) is 16.4. The number of hydrogen-bond acceptors (Lipinski definition) is 7. The molecule has 32 heavy (non-hydrogen) atoms.